The van der Waals surface area contributed by atoms with Crippen molar-refractivity contribution in [3.8, 4) is 0 Å². The number of aliphatic carboxylic acids is 1. The first-order valence-corrected chi connectivity index (χ1v) is 29.2. The second-order valence-electron chi connectivity index (χ2n) is 20.6. The highest BCUT2D eigenvalue weighted by Crippen LogP contribution is 2.46. The van der Waals surface area contributed by atoms with Gasteiger partial charge in [-0.3, -0.25) is 67.8 Å². The zero-order chi connectivity index (χ0) is 63.8. The molecule has 1 saturated carbocycles. The summed E-state index contributed by atoms with van der Waals surface area (Å²) in [6.45, 7) is 1.60. The number of thiol groups is 2. The number of nitrogens with one attached hydrogen (secondary N) is 10. The van der Waals surface area contributed by atoms with Gasteiger partial charge in [0.05, 0.1) is 12.8 Å². The van der Waals surface area contributed by atoms with E-state index in [0.717, 1.165) is 10.9 Å². The van der Waals surface area contributed by atoms with Gasteiger partial charge in [0.1, 0.15) is 54.4 Å². The van der Waals surface area contributed by atoms with Crippen LogP contribution in [0.5, 0.6) is 0 Å². The van der Waals surface area contributed by atoms with E-state index in [1.54, 1.807) is 42.6 Å². The quantitative estimate of drug-likeness (QED) is 0.00852. The van der Waals surface area contributed by atoms with Crippen LogP contribution in [0.2, 0.25) is 0 Å². The summed E-state index contributed by atoms with van der Waals surface area (Å²) in [5.41, 5.74) is 27.3. The topological polar surface area (TPSA) is 502 Å². The molecule has 2 fully saturated rings. The van der Waals surface area contributed by atoms with Crippen molar-refractivity contribution < 1.29 is 57.8 Å². The number of amides is 11. The van der Waals surface area contributed by atoms with Crippen LogP contribution in [0.4, 0.5) is 4.79 Å². The number of aromatic amines is 1. The highest BCUT2D eigenvalue weighted by Gasteiger charge is 2.62. The van der Waals surface area contributed by atoms with Gasteiger partial charge >= 0.3 is 12.0 Å². The molecule has 0 bridgehead atoms. The average molecular weight is 1250 g/mol. The third kappa shape index (κ3) is 20.8. The van der Waals surface area contributed by atoms with Crippen LogP contribution in [0.1, 0.15) is 63.0 Å². The Bertz CT molecular complexity index is 3050. The van der Waals surface area contributed by atoms with Crippen LogP contribution < -0.4 is 76.5 Å². The second-order valence-corrected chi connectivity index (χ2v) is 21.3. The van der Waals surface area contributed by atoms with Crippen LogP contribution in [0, 0.1) is 5.92 Å². The normalized spacial score (nSPS) is 18.1. The van der Waals surface area contributed by atoms with E-state index < -0.39 is 132 Å². The Morgan fingerprint density at radius 1 is 0.713 bits per heavy atom. The number of hydrogen-bond donors (Lipinski definition) is 18. The van der Waals surface area contributed by atoms with Gasteiger partial charge in [0.2, 0.25) is 47.3 Å². The van der Waals surface area contributed by atoms with Gasteiger partial charge < -0.3 is 86.6 Å². The number of hydrogen-bond acceptors (Lipinski definition) is 16. The first-order chi connectivity index (χ1) is 41.5. The van der Waals surface area contributed by atoms with Gasteiger partial charge in [-0.1, -0.05) is 48.5 Å². The van der Waals surface area contributed by atoms with E-state index in [1.165, 1.54) is 6.34 Å². The zero-order valence-electron chi connectivity index (χ0n) is 47.8. The molecule has 33 heteroatoms. The summed E-state index contributed by atoms with van der Waals surface area (Å²) in [6.07, 6.45) is 2.16. The van der Waals surface area contributed by atoms with Gasteiger partial charge in [-0.15, -0.1) is 0 Å². The van der Waals surface area contributed by atoms with Crippen LogP contribution >= 0.6 is 25.3 Å². The van der Waals surface area contributed by atoms with E-state index in [0.29, 0.717) is 29.0 Å². The van der Waals surface area contributed by atoms with Crippen molar-refractivity contribution in [1.82, 2.24) is 57.7 Å². The Labute approximate surface area is 511 Å². The van der Waals surface area contributed by atoms with E-state index >= 15 is 0 Å². The molecule has 1 unspecified atom stereocenters. The Hall–Kier alpha value is -9.14. The molecule has 0 spiro atoms. The molecule has 2 heterocycles. The summed E-state index contributed by atoms with van der Waals surface area (Å²) in [7, 11) is 0. The lowest BCUT2D eigenvalue weighted by Gasteiger charge is -2.28. The number of aromatic nitrogens is 1. The van der Waals surface area contributed by atoms with Crippen molar-refractivity contribution in [2.45, 2.75) is 113 Å². The molecule has 87 heavy (non-hydrogen) atoms. The number of aliphatic imine (C=N–C) groups is 3. The van der Waals surface area contributed by atoms with Gasteiger partial charge in [-0.05, 0) is 62.6 Å². The fraction of sp³-hybridized carbons (Fsp3) is 0.481. The van der Waals surface area contributed by atoms with Crippen LogP contribution in [0.15, 0.2) is 75.8 Å². The van der Waals surface area contributed by atoms with Crippen molar-refractivity contribution in [2.24, 2.45) is 49.6 Å². The number of rotatable bonds is 37. The maximum absolute atomic E-state index is 14.8. The summed E-state index contributed by atoms with van der Waals surface area (Å²) in [5, 5.41) is 34.2. The van der Waals surface area contributed by atoms with E-state index in [1.807, 2.05) is 25.1 Å². The maximum atomic E-state index is 14.8. The highest BCUT2D eigenvalue weighted by atomic mass is 32.1. The van der Waals surface area contributed by atoms with Crippen LogP contribution in [0.25, 0.3) is 10.9 Å². The summed E-state index contributed by atoms with van der Waals surface area (Å²) >= 11 is 8.36. The maximum Gasteiger partial charge on any atom is 0.325 e. The number of nitrogens with zero attached hydrogens (tertiary/aromatic N) is 4. The number of primary amides is 1. The number of benzene rings is 2. The molecule has 2 aliphatic rings. The number of para-hydroxylation sites is 1. The van der Waals surface area contributed by atoms with Crippen molar-refractivity contribution in [2.75, 3.05) is 44.2 Å². The zero-order valence-corrected chi connectivity index (χ0v) is 49.6. The monoisotopic (exact) mass is 1250 g/mol. The van der Waals surface area contributed by atoms with Crippen molar-refractivity contribution in [1.29, 1.82) is 0 Å². The SMILES string of the molecule is CCNC=NCC[C@H](NC(=O)C1(NC(=O)[C@H](CS)NC(=O)CN2C(=O)N[C@@H](CCCN=C(N)N)C2=O)C[C@H]1CC(=O)O)C(=O)N[C@H](Cc1ccccc1)C(=O)N[C@@H](CCCN=C(N)N)C(=O)N[C@@H](Cc1c[nH]c2ccccc12)C(=O)N[C@@H](CS)C(N)=O. The molecule has 11 amide bonds. The number of carboxylic acid groups (broad SMARTS) is 1. The molecular formula is C54H77N19O12S2. The fourth-order valence-corrected chi connectivity index (χ4v) is 9.95. The first-order valence-electron chi connectivity index (χ1n) is 27.9. The highest BCUT2D eigenvalue weighted by molar-refractivity contribution is 7.80. The number of carbonyl (C=O) groups is 11. The molecule has 1 aliphatic carbocycles. The molecule has 1 aliphatic heterocycles. The number of H-pyrrole nitrogens is 1. The number of nitrogens with two attached hydrogens (primary N) is 5. The summed E-state index contributed by atoms with van der Waals surface area (Å²) in [5.74, 6) is -11.3. The number of guanidine groups is 2. The standard InChI is InChI=1S/C54H77N19O12S2/c1-2-60-28-61-19-16-35(70-50(84)54(23-31(54)22-42(75)76)72-48(82)40(27-87)65-41(74)25-73-49(83)36(71-53(73)85)15-9-18-63-52(58)59)45(79)67-37(20-29-10-4-3-5-11-29)46(80)66-34(14-8-17-62-51(56)57)44(78)68-38(47(81)69-39(26-86)43(55)77)21-30-24-64-33-13-7-6-12-32(30)33/h3-7,10-13,24,28,31,34-40,64,86-87H,2,8-9,14-23,25-27H2,1H3,(H2,55,77)(H,60,61)(H,65,74)(H,66,80)(H,67,79)(H,68,78)(H,69,81)(H,70,84)(H,71,85)(H,72,82)(H,75,76)(H4,56,57,62)(H4,58,59,63)/t31-,34+,35+,36+,37-,38+,39+,40+,54?/m1/s1. The first kappa shape index (κ1) is 68.6. The van der Waals surface area contributed by atoms with Crippen molar-refractivity contribution in [3.63, 3.8) is 0 Å². The number of fused-ring (bicyclic) bond motifs is 1. The Morgan fingerprint density at radius 3 is 1.92 bits per heavy atom. The van der Waals surface area contributed by atoms with Crippen LogP contribution in [0.3, 0.4) is 0 Å². The smallest absolute Gasteiger partial charge is 0.325 e. The molecule has 2 aromatic carbocycles. The molecule has 1 aromatic heterocycles. The predicted octanol–water partition coefficient (Wildman–Crippen LogP) is -4.39. The third-order valence-corrected chi connectivity index (χ3v) is 14.8. The molecule has 21 N–H and O–H groups in total. The molecular weight excluding hydrogens is 1170 g/mol. The second kappa shape index (κ2) is 33.5. The molecule has 1 saturated heterocycles. The van der Waals surface area contributed by atoms with E-state index in [2.05, 4.69) is 93.1 Å². The lowest BCUT2D eigenvalue weighted by Crippen LogP contribution is -2.61. The van der Waals surface area contributed by atoms with Crippen LogP contribution in [-0.4, -0.2) is 190 Å². The van der Waals surface area contributed by atoms with Crippen molar-refractivity contribution >= 4 is 120 Å². The predicted molar refractivity (Wildman–Crippen MR) is 327 cm³/mol. The van der Waals surface area contributed by atoms with Gasteiger partial charge in [-0.25, -0.2) is 4.79 Å². The lowest BCUT2D eigenvalue weighted by atomic mass is 10.0. The molecule has 0 radical (unpaired) electrons. The molecule has 9 atom stereocenters. The van der Waals surface area contributed by atoms with E-state index in [9.17, 15) is 57.8 Å². The lowest BCUT2D eigenvalue weighted by molar-refractivity contribution is -0.139. The third-order valence-electron chi connectivity index (χ3n) is 14.1. The number of carbonyl (C=O) groups excluding carboxylic acids is 10. The van der Waals surface area contributed by atoms with Gasteiger partial charge in [0.15, 0.2) is 11.9 Å². The van der Waals surface area contributed by atoms with Gasteiger partial charge in [0, 0.05) is 73.5 Å². The minimum absolute atomic E-state index is 0.0108. The fourth-order valence-electron chi connectivity index (χ4n) is 9.42. The van der Waals surface area contributed by atoms with Gasteiger partial charge in [0.25, 0.3) is 5.91 Å². The minimum Gasteiger partial charge on any atom is -0.481 e. The largest absolute Gasteiger partial charge is 0.481 e. The van der Waals surface area contributed by atoms with E-state index in [-0.39, 0.29) is 88.0 Å². The summed E-state index contributed by atoms with van der Waals surface area (Å²) < 4.78 is 0. The average Bonchev–Trinajstić information content (AvgIpc) is 1.61. The Balaban J connectivity index is 1.40. The van der Waals surface area contributed by atoms with Crippen LogP contribution in [-0.2, 0) is 60.8 Å². The number of urea groups is 1. The van der Waals surface area contributed by atoms with Crippen molar-refractivity contribution in [3.05, 3.63) is 71.9 Å². The number of carboxylic acids is 1. The Kier molecular flexibility index (Phi) is 26.5. The Morgan fingerprint density at radius 2 is 1.30 bits per heavy atom. The molecule has 3 aromatic rings. The number of imide groups is 1. The van der Waals surface area contributed by atoms with Gasteiger partial charge in [-0.2, -0.15) is 25.3 Å². The molecule has 31 nitrogen and oxygen atoms in total. The summed E-state index contributed by atoms with van der Waals surface area (Å²) in [6, 6.07) is 5.30. The summed E-state index contributed by atoms with van der Waals surface area (Å²) in [4.78, 5) is 166. The minimum atomic E-state index is -1.97. The molecule has 5 rings (SSSR count). The van der Waals surface area contributed by atoms with E-state index in [4.69, 9.17) is 28.7 Å². The molecule has 472 valence electrons.